The molecule has 2 aliphatic rings. The predicted octanol–water partition coefficient (Wildman–Crippen LogP) is 1.37. The van der Waals surface area contributed by atoms with Crippen molar-refractivity contribution in [3.8, 4) is 11.3 Å². The number of nitrogen functional groups attached to an aromatic ring is 1. The van der Waals surface area contributed by atoms with E-state index in [4.69, 9.17) is 20.4 Å². The predicted molar refractivity (Wildman–Crippen MR) is 111 cm³/mol. The molecular formula is C20H26N8O. The first kappa shape index (κ1) is 18.3. The van der Waals surface area contributed by atoms with Gasteiger partial charge in [-0.1, -0.05) is 0 Å². The molecule has 152 valence electrons. The van der Waals surface area contributed by atoms with Gasteiger partial charge < -0.3 is 15.4 Å². The van der Waals surface area contributed by atoms with Crippen molar-refractivity contribution in [1.29, 1.82) is 0 Å². The zero-order valence-corrected chi connectivity index (χ0v) is 16.9. The van der Waals surface area contributed by atoms with E-state index in [0.717, 1.165) is 61.0 Å². The lowest BCUT2D eigenvalue weighted by atomic mass is 10.1. The van der Waals surface area contributed by atoms with Crippen LogP contribution in [0.5, 0.6) is 0 Å². The minimum atomic E-state index is 0.261. The van der Waals surface area contributed by atoms with Gasteiger partial charge in [0.2, 0.25) is 5.95 Å². The van der Waals surface area contributed by atoms with E-state index >= 15 is 0 Å². The maximum absolute atomic E-state index is 5.67. The monoisotopic (exact) mass is 394 g/mol. The van der Waals surface area contributed by atoms with Crippen molar-refractivity contribution in [2.75, 3.05) is 43.5 Å². The van der Waals surface area contributed by atoms with E-state index < -0.39 is 0 Å². The molecule has 0 bridgehead atoms. The fourth-order valence-electron chi connectivity index (χ4n) is 4.07. The highest BCUT2D eigenvalue weighted by Crippen LogP contribution is 2.30. The van der Waals surface area contributed by atoms with Gasteiger partial charge in [-0.3, -0.25) is 9.30 Å². The van der Waals surface area contributed by atoms with Crippen molar-refractivity contribution < 1.29 is 4.74 Å². The summed E-state index contributed by atoms with van der Waals surface area (Å²) in [5.74, 6) is 1.16. The zero-order chi connectivity index (χ0) is 20.0. The molecule has 2 N–H and O–H groups in total. The summed E-state index contributed by atoms with van der Waals surface area (Å²) in [6, 6.07) is 0.507. The molecule has 9 nitrogen and oxygen atoms in total. The molecule has 1 saturated heterocycles. The highest BCUT2D eigenvalue weighted by molar-refractivity contribution is 5.71. The summed E-state index contributed by atoms with van der Waals surface area (Å²) in [7, 11) is 0. The van der Waals surface area contributed by atoms with E-state index in [1.54, 1.807) is 12.4 Å². The molecule has 0 radical (unpaired) electrons. The Labute approximate surface area is 169 Å². The maximum atomic E-state index is 5.67. The molecule has 5 heterocycles. The molecule has 0 spiro atoms. The number of nitrogens with two attached hydrogens (primary N) is 1. The highest BCUT2D eigenvalue weighted by atomic mass is 16.5. The second-order valence-electron chi connectivity index (χ2n) is 7.89. The van der Waals surface area contributed by atoms with E-state index in [9.17, 15) is 0 Å². The molecule has 0 aromatic carbocycles. The summed E-state index contributed by atoms with van der Waals surface area (Å²) in [4.78, 5) is 23.0. The first-order chi connectivity index (χ1) is 14.1. The van der Waals surface area contributed by atoms with Gasteiger partial charge in [-0.2, -0.15) is 0 Å². The van der Waals surface area contributed by atoms with Gasteiger partial charge in [0.05, 0.1) is 24.6 Å². The smallest absolute Gasteiger partial charge is 0.219 e. The Kier molecular flexibility index (Phi) is 4.56. The SMILES string of the molecule is CC(C)N1CCc2c(nc3c(N4CCOCC4)nc(-c4cnc(N)nc4)cn23)C1. The summed E-state index contributed by atoms with van der Waals surface area (Å²) in [6.07, 6.45) is 6.48. The lowest BCUT2D eigenvalue weighted by Crippen LogP contribution is -2.37. The van der Waals surface area contributed by atoms with Crippen LogP contribution in [0.15, 0.2) is 18.6 Å². The Morgan fingerprint density at radius 2 is 1.83 bits per heavy atom. The van der Waals surface area contributed by atoms with Gasteiger partial charge in [0.15, 0.2) is 11.5 Å². The fraction of sp³-hybridized carbons (Fsp3) is 0.500. The Morgan fingerprint density at radius 3 is 2.55 bits per heavy atom. The number of ether oxygens (including phenoxy) is 1. The number of rotatable bonds is 3. The van der Waals surface area contributed by atoms with Gasteiger partial charge in [0, 0.05) is 68.5 Å². The number of nitrogens with zero attached hydrogens (tertiary/aromatic N) is 7. The molecular weight excluding hydrogens is 368 g/mol. The van der Waals surface area contributed by atoms with Crippen molar-refractivity contribution in [1.82, 2.24) is 29.2 Å². The van der Waals surface area contributed by atoms with E-state index in [1.807, 2.05) is 0 Å². The van der Waals surface area contributed by atoms with Crippen LogP contribution in [-0.4, -0.2) is 68.1 Å². The van der Waals surface area contributed by atoms with Crippen LogP contribution >= 0.6 is 0 Å². The third-order valence-electron chi connectivity index (χ3n) is 5.77. The van der Waals surface area contributed by atoms with Crippen LogP contribution in [0.3, 0.4) is 0 Å². The number of fused-ring (bicyclic) bond motifs is 3. The molecule has 5 rings (SSSR count). The van der Waals surface area contributed by atoms with Crippen LogP contribution < -0.4 is 10.6 Å². The highest BCUT2D eigenvalue weighted by Gasteiger charge is 2.27. The molecule has 9 heteroatoms. The Morgan fingerprint density at radius 1 is 1.07 bits per heavy atom. The molecule has 1 fully saturated rings. The Balaban J connectivity index is 1.66. The summed E-state index contributed by atoms with van der Waals surface area (Å²) in [5.41, 5.74) is 10.7. The zero-order valence-electron chi connectivity index (χ0n) is 16.9. The van der Waals surface area contributed by atoms with Gasteiger partial charge >= 0.3 is 0 Å². The van der Waals surface area contributed by atoms with Crippen molar-refractivity contribution in [3.63, 3.8) is 0 Å². The molecule has 0 amide bonds. The number of hydrogen-bond acceptors (Lipinski definition) is 8. The molecule has 0 unspecified atom stereocenters. The molecule has 0 saturated carbocycles. The van der Waals surface area contributed by atoms with Gasteiger partial charge in [-0.25, -0.2) is 19.9 Å². The van der Waals surface area contributed by atoms with E-state index in [2.05, 4.69) is 44.2 Å². The minimum absolute atomic E-state index is 0.261. The fourth-order valence-corrected chi connectivity index (χ4v) is 4.07. The Hall–Kier alpha value is -2.78. The summed E-state index contributed by atoms with van der Waals surface area (Å²) in [6.45, 7) is 9.39. The lowest BCUT2D eigenvalue weighted by Gasteiger charge is -2.29. The topological polar surface area (TPSA) is 97.7 Å². The van der Waals surface area contributed by atoms with Crippen LogP contribution in [-0.2, 0) is 17.7 Å². The summed E-state index contributed by atoms with van der Waals surface area (Å²) >= 11 is 0. The van der Waals surface area contributed by atoms with Crippen LogP contribution in [0.4, 0.5) is 11.8 Å². The molecule has 3 aromatic rings. The first-order valence-corrected chi connectivity index (χ1v) is 10.2. The standard InChI is InChI=1S/C20H26N8O/c1-13(2)27-4-3-17-16(11-27)25-19-18(26-5-7-29-8-6-26)24-15(12-28(17)19)14-9-22-20(21)23-10-14/h9-10,12-13H,3-8,11H2,1-2H3,(H2,21,22,23). The van der Waals surface area contributed by atoms with Gasteiger partial charge in [0.1, 0.15) is 0 Å². The van der Waals surface area contributed by atoms with Crippen molar-refractivity contribution >= 4 is 17.4 Å². The number of hydrogen-bond donors (Lipinski definition) is 1. The quantitative estimate of drug-likeness (QED) is 0.711. The van der Waals surface area contributed by atoms with Gasteiger partial charge in [-0.05, 0) is 13.8 Å². The average Bonchev–Trinajstić information content (AvgIpc) is 3.12. The number of imidazole rings is 1. The first-order valence-electron chi connectivity index (χ1n) is 10.2. The number of aromatic nitrogens is 5. The molecule has 3 aromatic heterocycles. The average molecular weight is 394 g/mol. The third-order valence-corrected chi connectivity index (χ3v) is 5.77. The normalized spacial score (nSPS) is 17.8. The van der Waals surface area contributed by atoms with Crippen molar-refractivity contribution in [3.05, 3.63) is 30.0 Å². The molecule has 0 atom stereocenters. The second-order valence-corrected chi connectivity index (χ2v) is 7.89. The molecule has 0 aliphatic carbocycles. The van der Waals surface area contributed by atoms with E-state index in [0.29, 0.717) is 19.3 Å². The van der Waals surface area contributed by atoms with Crippen LogP contribution in [0, 0.1) is 0 Å². The van der Waals surface area contributed by atoms with Gasteiger partial charge in [0.25, 0.3) is 0 Å². The number of morpholine rings is 1. The van der Waals surface area contributed by atoms with E-state index in [1.165, 1.54) is 5.69 Å². The number of anilines is 2. The summed E-state index contributed by atoms with van der Waals surface area (Å²) in [5, 5.41) is 0. The van der Waals surface area contributed by atoms with Gasteiger partial charge in [-0.15, -0.1) is 0 Å². The van der Waals surface area contributed by atoms with E-state index in [-0.39, 0.29) is 5.95 Å². The minimum Gasteiger partial charge on any atom is -0.378 e. The Bertz CT molecular complexity index is 1020. The molecule has 2 aliphatic heterocycles. The second kappa shape index (κ2) is 7.23. The third kappa shape index (κ3) is 3.30. The van der Waals surface area contributed by atoms with Crippen molar-refractivity contribution in [2.24, 2.45) is 0 Å². The lowest BCUT2D eigenvalue weighted by molar-refractivity contribution is 0.122. The van der Waals surface area contributed by atoms with Crippen molar-refractivity contribution in [2.45, 2.75) is 32.9 Å². The summed E-state index contributed by atoms with van der Waals surface area (Å²) < 4.78 is 7.76. The van der Waals surface area contributed by atoms with Crippen LogP contribution in [0.25, 0.3) is 16.9 Å². The van der Waals surface area contributed by atoms with Crippen LogP contribution in [0.2, 0.25) is 0 Å². The van der Waals surface area contributed by atoms with Crippen LogP contribution in [0.1, 0.15) is 25.2 Å². The molecule has 29 heavy (non-hydrogen) atoms. The maximum Gasteiger partial charge on any atom is 0.219 e. The largest absolute Gasteiger partial charge is 0.378 e.